The largest absolute Gasteiger partial charge is 0.369 e. The van der Waals surface area contributed by atoms with E-state index in [1.165, 1.54) is 6.42 Å². The van der Waals surface area contributed by atoms with E-state index in [-0.39, 0.29) is 0 Å². The highest BCUT2D eigenvalue weighted by molar-refractivity contribution is 6.42. The van der Waals surface area contributed by atoms with Crippen molar-refractivity contribution in [2.24, 2.45) is 0 Å². The van der Waals surface area contributed by atoms with E-state index in [0.29, 0.717) is 22.0 Å². The minimum absolute atomic E-state index is 0.348. The van der Waals surface area contributed by atoms with Crippen LogP contribution >= 0.6 is 23.2 Å². The summed E-state index contributed by atoms with van der Waals surface area (Å²) in [6.07, 6.45) is 2.28. The van der Waals surface area contributed by atoms with Gasteiger partial charge >= 0.3 is 0 Å². The average Bonchev–Trinajstić information content (AvgIpc) is 2.65. The van der Waals surface area contributed by atoms with Gasteiger partial charge in [-0.1, -0.05) is 23.2 Å². The van der Waals surface area contributed by atoms with Crippen molar-refractivity contribution in [2.45, 2.75) is 18.9 Å². The molecular weight excluding hydrogens is 283 g/mol. The van der Waals surface area contributed by atoms with Gasteiger partial charge in [-0.15, -0.1) is 0 Å². The zero-order valence-electron chi connectivity index (χ0n) is 10.7. The van der Waals surface area contributed by atoms with Crippen LogP contribution in [-0.4, -0.2) is 34.6 Å². The Labute approximate surface area is 122 Å². The molecule has 2 N–H and O–H groups in total. The van der Waals surface area contributed by atoms with Crippen molar-refractivity contribution in [3.63, 3.8) is 0 Å². The summed E-state index contributed by atoms with van der Waals surface area (Å²) in [5.74, 6) is 0.536. The van der Waals surface area contributed by atoms with Crippen LogP contribution in [0.5, 0.6) is 0 Å². The Morgan fingerprint density at radius 2 is 2.05 bits per heavy atom. The highest BCUT2D eigenvalue weighted by Crippen LogP contribution is 2.33. The molecule has 1 fully saturated rings. The number of imidazole rings is 1. The van der Waals surface area contributed by atoms with Crippen LogP contribution < -0.4 is 5.73 Å². The minimum Gasteiger partial charge on any atom is -0.369 e. The average molecular weight is 299 g/mol. The minimum atomic E-state index is 0.348. The summed E-state index contributed by atoms with van der Waals surface area (Å²) in [4.78, 5) is 6.71. The van der Waals surface area contributed by atoms with Crippen molar-refractivity contribution in [1.82, 2.24) is 14.5 Å². The van der Waals surface area contributed by atoms with Crippen molar-refractivity contribution >= 4 is 40.2 Å². The fraction of sp³-hybridized carbons (Fsp3) is 0.462. The third-order valence-corrected chi connectivity index (χ3v) is 4.45. The fourth-order valence-corrected chi connectivity index (χ4v) is 3.16. The van der Waals surface area contributed by atoms with Gasteiger partial charge in [-0.2, -0.15) is 0 Å². The van der Waals surface area contributed by atoms with Crippen LogP contribution in [0.1, 0.15) is 18.9 Å². The van der Waals surface area contributed by atoms with Crippen LogP contribution in [-0.2, 0) is 0 Å². The Balaban J connectivity index is 2.12. The molecule has 1 aromatic carbocycles. The fourth-order valence-electron chi connectivity index (χ4n) is 2.84. The maximum atomic E-state index is 6.11. The molecular formula is C13H16Cl2N4. The van der Waals surface area contributed by atoms with E-state index in [1.54, 1.807) is 6.07 Å². The predicted octanol–water partition coefficient (Wildman–Crippen LogP) is 3.19. The number of nitrogens with two attached hydrogens (primary N) is 1. The third-order valence-electron chi connectivity index (χ3n) is 3.72. The molecule has 1 atom stereocenters. The number of fused-ring (bicyclic) bond motifs is 1. The predicted molar refractivity (Wildman–Crippen MR) is 79.9 cm³/mol. The molecule has 2 aromatic rings. The molecule has 2 heterocycles. The molecule has 4 nitrogen and oxygen atoms in total. The summed E-state index contributed by atoms with van der Waals surface area (Å²) in [6.45, 7) is 2.12. The molecule has 0 aliphatic carbocycles. The maximum absolute atomic E-state index is 6.11. The summed E-state index contributed by atoms with van der Waals surface area (Å²) in [5.41, 5.74) is 7.85. The molecule has 0 bridgehead atoms. The smallest absolute Gasteiger partial charge is 0.201 e. The lowest BCUT2D eigenvalue weighted by molar-refractivity contribution is 0.216. The first-order chi connectivity index (χ1) is 9.06. The lowest BCUT2D eigenvalue weighted by Crippen LogP contribution is -2.33. The number of likely N-dealkylation sites (N-methyl/N-ethyl adjacent to an activating group) is 1. The first-order valence-electron chi connectivity index (χ1n) is 6.37. The van der Waals surface area contributed by atoms with Gasteiger partial charge in [0.15, 0.2) is 0 Å². The molecule has 0 amide bonds. The van der Waals surface area contributed by atoms with E-state index in [2.05, 4.69) is 21.5 Å². The summed E-state index contributed by atoms with van der Waals surface area (Å²) in [7, 11) is 2.13. The lowest BCUT2D eigenvalue weighted by atomic mass is 10.1. The van der Waals surface area contributed by atoms with E-state index in [9.17, 15) is 0 Å². The van der Waals surface area contributed by atoms with Crippen molar-refractivity contribution in [3.05, 3.63) is 22.2 Å². The molecule has 0 radical (unpaired) electrons. The number of halogens is 2. The number of piperidine rings is 1. The summed E-state index contributed by atoms with van der Waals surface area (Å²) < 4.78 is 2.09. The zero-order valence-corrected chi connectivity index (χ0v) is 12.2. The highest BCUT2D eigenvalue weighted by atomic mass is 35.5. The molecule has 1 aliphatic heterocycles. The van der Waals surface area contributed by atoms with Crippen LogP contribution in [0, 0.1) is 0 Å². The number of benzene rings is 1. The van der Waals surface area contributed by atoms with E-state index in [1.807, 2.05) is 6.07 Å². The number of anilines is 1. The normalized spacial score (nSPS) is 21.1. The van der Waals surface area contributed by atoms with Gasteiger partial charge in [-0.05, 0) is 38.6 Å². The van der Waals surface area contributed by atoms with Crippen LogP contribution in [0.4, 0.5) is 5.95 Å². The Kier molecular flexibility index (Phi) is 3.33. The van der Waals surface area contributed by atoms with Crippen molar-refractivity contribution < 1.29 is 0 Å². The van der Waals surface area contributed by atoms with Crippen LogP contribution in [0.25, 0.3) is 11.0 Å². The van der Waals surface area contributed by atoms with Gasteiger partial charge in [0.05, 0.1) is 21.1 Å². The molecule has 6 heteroatoms. The van der Waals surface area contributed by atoms with Crippen molar-refractivity contribution in [2.75, 3.05) is 25.9 Å². The van der Waals surface area contributed by atoms with Crippen LogP contribution in [0.3, 0.4) is 0 Å². The monoisotopic (exact) mass is 298 g/mol. The van der Waals surface area contributed by atoms with Gasteiger partial charge in [0.1, 0.15) is 0 Å². The second-order valence-corrected chi connectivity index (χ2v) is 5.97. The van der Waals surface area contributed by atoms with Gasteiger partial charge in [-0.25, -0.2) is 4.98 Å². The lowest BCUT2D eigenvalue weighted by Gasteiger charge is -2.31. The van der Waals surface area contributed by atoms with Crippen LogP contribution in [0.2, 0.25) is 10.0 Å². The molecule has 1 saturated heterocycles. The van der Waals surface area contributed by atoms with Gasteiger partial charge < -0.3 is 15.2 Å². The number of hydrogen-bond donors (Lipinski definition) is 1. The van der Waals surface area contributed by atoms with Gasteiger partial charge in [0.2, 0.25) is 5.95 Å². The van der Waals surface area contributed by atoms with Gasteiger partial charge in [-0.3, -0.25) is 0 Å². The highest BCUT2D eigenvalue weighted by Gasteiger charge is 2.23. The maximum Gasteiger partial charge on any atom is 0.201 e. The van der Waals surface area contributed by atoms with Crippen molar-refractivity contribution in [3.8, 4) is 0 Å². The molecule has 3 rings (SSSR count). The third kappa shape index (κ3) is 2.29. The Morgan fingerprint density at radius 1 is 1.32 bits per heavy atom. The van der Waals surface area contributed by atoms with E-state index in [0.717, 1.165) is 30.5 Å². The number of nitrogen functional groups attached to an aromatic ring is 1. The second kappa shape index (κ2) is 4.85. The Bertz CT molecular complexity index is 623. The van der Waals surface area contributed by atoms with Crippen LogP contribution in [0.15, 0.2) is 12.1 Å². The molecule has 1 unspecified atom stereocenters. The standard InChI is InChI=1S/C13H16Cl2N4/c1-18-4-2-3-8(7-18)19-12-6-10(15)9(14)5-11(12)17-13(19)16/h5-6,8H,2-4,7H2,1H3,(H2,16,17). The van der Waals surface area contributed by atoms with E-state index < -0.39 is 0 Å². The van der Waals surface area contributed by atoms with E-state index in [4.69, 9.17) is 28.9 Å². The molecule has 0 spiro atoms. The topological polar surface area (TPSA) is 47.1 Å². The Hall–Kier alpha value is -0.970. The molecule has 1 aliphatic rings. The summed E-state index contributed by atoms with van der Waals surface area (Å²) >= 11 is 12.1. The number of hydrogen-bond acceptors (Lipinski definition) is 3. The molecule has 1 aromatic heterocycles. The number of nitrogens with zero attached hydrogens (tertiary/aromatic N) is 3. The second-order valence-electron chi connectivity index (χ2n) is 5.15. The first kappa shape index (κ1) is 13.0. The molecule has 19 heavy (non-hydrogen) atoms. The zero-order chi connectivity index (χ0) is 13.6. The molecule has 0 saturated carbocycles. The van der Waals surface area contributed by atoms with Gasteiger partial charge in [0.25, 0.3) is 0 Å². The summed E-state index contributed by atoms with van der Waals surface area (Å²) in [6, 6.07) is 3.98. The van der Waals surface area contributed by atoms with Gasteiger partial charge in [0, 0.05) is 12.6 Å². The number of likely N-dealkylation sites (tertiary alicyclic amines) is 1. The molecule has 102 valence electrons. The number of aromatic nitrogens is 2. The Morgan fingerprint density at radius 3 is 2.79 bits per heavy atom. The quantitative estimate of drug-likeness (QED) is 0.879. The SMILES string of the molecule is CN1CCCC(n2c(N)nc3cc(Cl)c(Cl)cc32)C1. The first-order valence-corrected chi connectivity index (χ1v) is 7.13. The van der Waals surface area contributed by atoms with Crippen molar-refractivity contribution in [1.29, 1.82) is 0 Å². The van der Waals surface area contributed by atoms with E-state index >= 15 is 0 Å². The number of rotatable bonds is 1. The summed E-state index contributed by atoms with van der Waals surface area (Å²) in [5, 5.41) is 1.05.